The van der Waals surface area contributed by atoms with Crippen molar-refractivity contribution in [2.75, 3.05) is 19.0 Å². The molecule has 0 spiro atoms. The minimum atomic E-state index is -3.83. The molecule has 8 heteroatoms. The van der Waals surface area contributed by atoms with Crippen LogP contribution in [0.1, 0.15) is 31.1 Å². The highest BCUT2D eigenvalue weighted by Crippen LogP contribution is 2.27. The number of para-hydroxylation sites is 2. The minimum absolute atomic E-state index is 0.0931. The first-order valence-electron chi connectivity index (χ1n) is 8.52. The molecule has 2 rings (SSSR count). The second-order valence-corrected chi connectivity index (χ2v) is 7.71. The number of benzene rings is 2. The van der Waals surface area contributed by atoms with Crippen LogP contribution in [0.15, 0.2) is 47.4 Å². The average molecular weight is 392 g/mol. The third-order valence-electron chi connectivity index (χ3n) is 3.54. The van der Waals surface area contributed by atoms with Crippen LogP contribution in [0.4, 0.5) is 5.69 Å². The highest BCUT2D eigenvalue weighted by Gasteiger charge is 2.22. The first-order chi connectivity index (χ1) is 12.8. The lowest BCUT2D eigenvalue weighted by atomic mass is 10.2. The van der Waals surface area contributed by atoms with Crippen molar-refractivity contribution in [3.05, 3.63) is 48.0 Å². The van der Waals surface area contributed by atoms with Crippen molar-refractivity contribution in [1.82, 2.24) is 4.72 Å². The molecule has 0 fully saturated rings. The van der Waals surface area contributed by atoms with Crippen LogP contribution in [0.25, 0.3) is 0 Å². The van der Waals surface area contributed by atoms with E-state index in [1.54, 1.807) is 38.1 Å². The van der Waals surface area contributed by atoms with E-state index in [1.807, 2.05) is 6.92 Å². The Bertz CT molecular complexity index is 910. The zero-order chi connectivity index (χ0) is 20.0. The van der Waals surface area contributed by atoms with Crippen molar-refractivity contribution in [3.8, 4) is 11.5 Å². The molecular formula is C19H24N2O5S. The van der Waals surface area contributed by atoms with Gasteiger partial charge in [-0.25, -0.2) is 13.1 Å². The van der Waals surface area contributed by atoms with Gasteiger partial charge in [-0.2, -0.15) is 0 Å². The molecule has 27 heavy (non-hydrogen) atoms. The van der Waals surface area contributed by atoms with Crippen molar-refractivity contribution in [2.24, 2.45) is 0 Å². The van der Waals surface area contributed by atoms with E-state index in [1.165, 1.54) is 25.3 Å². The summed E-state index contributed by atoms with van der Waals surface area (Å²) in [5, 5.41) is 2.75. The number of rotatable bonds is 8. The monoisotopic (exact) mass is 392 g/mol. The SMILES string of the molecule is CCOc1ccccc1NC(=O)c1ccc(OC)c(S(=O)(=O)NC(C)C)c1. The number of methoxy groups -OCH3 is 1. The van der Waals surface area contributed by atoms with E-state index in [2.05, 4.69) is 10.0 Å². The second kappa shape index (κ2) is 8.88. The van der Waals surface area contributed by atoms with E-state index in [9.17, 15) is 13.2 Å². The van der Waals surface area contributed by atoms with Gasteiger partial charge in [-0.1, -0.05) is 12.1 Å². The zero-order valence-electron chi connectivity index (χ0n) is 15.8. The number of hydrogen-bond donors (Lipinski definition) is 2. The number of amides is 1. The van der Waals surface area contributed by atoms with Crippen molar-refractivity contribution >= 4 is 21.6 Å². The molecule has 1 amide bonds. The van der Waals surface area contributed by atoms with Crippen LogP contribution in [0.3, 0.4) is 0 Å². The van der Waals surface area contributed by atoms with Gasteiger partial charge in [0.15, 0.2) is 0 Å². The topological polar surface area (TPSA) is 93.7 Å². The lowest BCUT2D eigenvalue weighted by Gasteiger charge is -2.15. The summed E-state index contributed by atoms with van der Waals surface area (Å²) in [5.74, 6) is 0.247. The number of ether oxygens (including phenoxy) is 2. The molecule has 0 saturated heterocycles. The molecule has 0 saturated carbocycles. The minimum Gasteiger partial charge on any atom is -0.495 e. The molecule has 0 bridgehead atoms. The summed E-state index contributed by atoms with van der Waals surface area (Å²) in [4.78, 5) is 12.6. The summed E-state index contributed by atoms with van der Waals surface area (Å²) in [6, 6.07) is 11.0. The number of carbonyl (C=O) groups excluding carboxylic acids is 1. The fourth-order valence-electron chi connectivity index (χ4n) is 2.45. The van der Waals surface area contributed by atoms with Crippen LogP contribution >= 0.6 is 0 Å². The van der Waals surface area contributed by atoms with E-state index in [0.29, 0.717) is 18.0 Å². The van der Waals surface area contributed by atoms with Gasteiger partial charge in [0.25, 0.3) is 5.91 Å². The Labute approximate surface area is 159 Å². The molecule has 0 radical (unpaired) electrons. The van der Waals surface area contributed by atoms with Crippen molar-refractivity contribution < 1.29 is 22.7 Å². The molecule has 0 unspecified atom stereocenters. The van der Waals surface area contributed by atoms with Gasteiger partial charge in [-0.05, 0) is 51.1 Å². The molecule has 2 aromatic carbocycles. The molecule has 2 aromatic rings. The van der Waals surface area contributed by atoms with E-state index in [4.69, 9.17) is 9.47 Å². The smallest absolute Gasteiger partial charge is 0.255 e. The fraction of sp³-hybridized carbons (Fsp3) is 0.316. The Kier molecular flexibility index (Phi) is 6.81. The maximum absolute atomic E-state index is 12.6. The number of anilines is 1. The molecule has 0 aliphatic heterocycles. The molecule has 0 heterocycles. The number of hydrogen-bond acceptors (Lipinski definition) is 5. The largest absolute Gasteiger partial charge is 0.495 e. The van der Waals surface area contributed by atoms with E-state index in [0.717, 1.165) is 0 Å². The van der Waals surface area contributed by atoms with Crippen molar-refractivity contribution in [2.45, 2.75) is 31.7 Å². The first-order valence-corrected chi connectivity index (χ1v) is 10.00. The zero-order valence-corrected chi connectivity index (χ0v) is 16.6. The second-order valence-electron chi connectivity index (χ2n) is 6.02. The van der Waals surface area contributed by atoms with E-state index < -0.39 is 15.9 Å². The van der Waals surface area contributed by atoms with Crippen molar-refractivity contribution in [1.29, 1.82) is 0 Å². The standard InChI is InChI=1S/C19H24N2O5S/c1-5-26-16-9-7-6-8-15(16)20-19(22)14-10-11-17(25-4)18(12-14)27(23,24)21-13(2)3/h6-13,21H,5H2,1-4H3,(H,20,22). The van der Waals surface area contributed by atoms with Crippen LogP contribution in [0.5, 0.6) is 11.5 Å². The third kappa shape index (κ3) is 5.21. The normalized spacial score (nSPS) is 11.3. The summed E-state index contributed by atoms with van der Waals surface area (Å²) in [7, 11) is -2.45. The van der Waals surface area contributed by atoms with Gasteiger partial charge < -0.3 is 14.8 Å². The number of sulfonamides is 1. The van der Waals surface area contributed by atoms with Crippen molar-refractivity contribution in [3.63, 3.8) is 0 Å². The molecule has 0 aromatic heterocycles. The lowest BCUT2D eigenvalue weighted by Crippen LogP contribution is -2.30. The Morgan fingerprint density at radius 1 is 1.11 bits per heavy atom. The number of nitrogens with one attached hydrogen (secondary N) is 2. The van der Waals surface area contributed by atoms with E-state index >= 15 is 0 Å². The van der Waals surface area contributed by atoms with Gasteiger partial charge in [0.1, 0.15) is 16.4 Å². The highest BCUT2D eigenvalue weighted by atomic mass is 32.2. The summed E-state index contributed by atoms with van der Waals surface area (Å²) < 4.78 is 38.2. The number of carbonyl (C=O) groups is 1. The Balaban J connectivity index is 2.37. The molecule has 0 atom stereocenters. The summed E-state index contributed by atoms with van der Waals surface area (Å²) in [5.41, 5.74) is 0.691. The quantitative estimate of drug-likeness (QED) is 0.720. The predicted octanol–water partition coefficient (Wildman–Crippen LogP) is 3.03. The van der Waals surface area contributed by atoms with Gasteiger partial charge in [0.2, 0.25) is 10.0 Å². The molecule has 146 valence electrons. The van der Waals surface area contributed by atoms with Gasteiger partial charge >= 0.3 is 0 Å². The fourth-order valence-corrected chi connectivity index (χ4v) is 3.89. The maximum Gasteiger partial charge on any atom is 0.255 e. The average Bonchev–Trinajstić information content (AvgIpc) is 2.62. The molecule has 7 nitrogen and oxygen atoms in total. The van der Waals surface area contributed by atoms with Crippen LogP contribution in [0.2, 0.25) is 0 Å². The Morgan fingerprint density at radius 2 is 1.81 bits per heavy atom. The lowest BCUT2D eigenvalue weighted by molar-refractivity contribution is 0.102. The first kappa shape index (κ1) is 20.7. The van der Waals surface area contributed by atoms with Gasteiger partial charge in [-0.15, -0.1) is 0 Å². The molecule has 0 aliphatic rings. The van der Waals surface area contributed by atoms with Crippen LogP contribution < -0.4 is 19.5 Å². The predicted molar refractivity (Wildman–Crippen MR) is 104 cm³/mol. The van der Waals surface area contributed by atoms with Crippen LogP contribution in [-0.2, 0) is 10.0 Å². The Hall–Kier alpha value is -2.58. The summed E-state index contributed by atoms with van der Waals surface area (Å²) in [6.07, 6.45) is 0. The molecule has 2 N–H and O–H groups in total. The van der Waals surface area contributed by atoms with Gasteiger partial charge in [0.05, 0.1) is 19.4 Å². The summed E-state index contributed by atoms with van der Waals surface area (Å²) >= 11 is 0. The molecule has 0 aliphatic carbocycles. The van der Waals surface area contributed by atoms with Crippen LogP contribution in [0, 0.1) is 0 Å². The third-order valence-corrected chi connectivity index (χ3v) is 5.22. The molecular weight excluding hydrogens is 368 g/mol. The highest BCUT2D eigenvalue weighted by molar-refractivity contribution is 7.89. The van der Waals surface area contributed by atoms with Crippen LogP contribution in [-0.4, -0.2) is 34.1 Å². The van der Waals surface area contributed by atoms with Gasteiger partial charge in [-0.3, -0.25) is 4.79 Å². The van der Waals surface area contributed by atoms with E-state index in [-0.39, 0.29) is 22.3 Å². The maximum atomic E-state index is 12.6. The van der Waals surface area contributed by atoms with Gasteiger partial charge in [0, 0.05) is 11.6 Å². The summed E-state index contributed by atoms with van der Waals surface area (Å²) in [6.45, 7) is 5.73. The Morgan fingerprint density at radius 3 is 2.44 bits per heavy atom.